The third-order valence-corrected chi connectivity index (χ3v) is 7.25. The van der Waals surface area contributed by atoms with Gasteiger partial charge in [0, 0.05) is 18.3 Å². The molecule has 0 aromatic heterocycles. The van der Waals surface area contributed by atoms with E-state index in [4.69, 9.17) is 32.7 Å². The minimum atomic E-state index is -3.97. The Morgan fingerprint density at radius 2 is 1.69 bits per heavy atom. The van der Waals surface area contributed by atoms with E-state index >= 15 is 0 Å². The van der Waals surface area contributed by atoms with Gasteiger partial charge in [-0.15, -0.1) is 0 Å². The van der Waals surface area contributed by atoms with E-state index in [1.54, 1.807) is 54.6 Å². The molecule has 1 N–H and O–H groups in total. The number of benzene rings is 3. The quantitative estimate of drug-likeness (QED) is 0.522. The van der Waals surface area contributed by atoms with E-state index in [1.165, 1.54) is 12.1 Å². The van der Waals surface area contributed by atoms with Crippen LogP contribution in [0.2, 0.25) is 10.0 Å². The Bertz CT molecular complexity index is 1250. The number of hydrogen-bond donors (Lipinski definition) is 1. The minimum Gasteiger partial charge on any atom is -0.454 e. The van der Waals surface area contributed by atoms with Crippen LogP contribution in [-0.2, 0) is 21.4 Å². The molecule has 0 radical (unpaired) electrons. The van der Waals surface area contributed by atoms with Gasteiger partial charge in [-0.2, -0.15) is 4.31 Å². The standard InChI is InChI=1S/C22H18Cl2N2O5S/c23-18-8-6-15(10-19(18)24)12-26(32(28,29)17-4-2-1-3-5-17)13-22(27)25-16-7-9-20-21(11-16)31-14-30-20/h1-11H,12-14H2,(H,25,27). The molecule has 166 valence electrons. The number of hydrogen-bond acceptors (Lipinski definition) is 5. The van der Waals surface area contributed by atoms with Crippen molar-refractivity contribution in [3.05, 3.63) is 82.3 Å². The highest BCUT2D eigenvalue weighted by Gasteiger charge is 2.27. The van der Waals surface area contributed by atoms with Crippen molar-refractivity contribution in [2.45, 2.75) is 11.4 Å². The molecule has 0 atom stereocenters. The Labute approximate surface area is 195 Å². The number of carbonyl (C=O) groups is 1. The van der Waals surface area contributed by atoms with E-state index in [1.807, 2.05) is 0 Å². The lowest BCUT2D eigenvalue weighted by molar-refractivity contribution is -0.116. The molecular weight excluding hydrogens is 475 g/mol. The van der Waals surface area contributed by atoms with E-state index in [-0.39, 0.29) is 18.2 Å². The molecule has 0 fully saturated rings. The van der Waals surface area contributed by atoms with Crippen LogP contribution in [0.3, 0.4) is 0 Å². The van der Waals surface area contributed by atoms with Crippen molar-refractivity contribution in [1.82, 2.24) is 4.31 Å². The van der Waals surface area contributed by atoms with Crippen LogP contribution in [0.4, 0.5) is 5.69 Å². The molecule has 3 aromatic rings. The summed E-state index contributed by atoms with van der Waals surface area (Å²) in [6.45, 7) is -0.367. The normalized spacial score (nSPS) is 12.7. The maximum absolute atomic E-state index is 13.3. The Kier molecular flexibility index (Phi) is 6.57. The fraction of sp³-hybridized carbons (Fsp3) is 0.136. The molecule has 4 rings (SSSR count). The number of nitrogens with zero attached hydrogens (tertiary/aromatic N) is 1. The van der Waals surface area contributed by atoms with Crippen molar-refractivity contribution < 1.29 is 22.7 Å². The first-order chi connectivity index (χ1) is 15.3. The van der Waals surface area contributed by atoms with Gasteiger partial charge < -0.3 is 14.8 Å². The first-order valence-electron chi connectivity index (χ1n) is 9.51. The molecule has 0 saturated heterocycles. The van der Waals surface area contributed by atoms with Gasteiger partial charge in [-0.25, -0.2) is 8.42 Å². The van der Waals surface area contributed by atoms with Crippen LogP contribution in [0.15, 0.2) is 71.6 Å². The number of rotatable bonds is 7. The average Bonchev–Trinajstić information content (AvgIpc) is 3.24. The zero-order valence-electron chi connectivity index (χ0n) is 16.6. The van der Waals surface area contributed by atoms with Gasteiger partial charge in [0.1, 0.15) is 0 Å². The number of halogens is 2. The smallest absolute Gasteiger partial charge is 0.243 e. The minimum absolute atomic E-state index is 0.0668. The van der Waals surface area contributed by atoms with Crippen molar-refractivity contribution in [1.29, 1.82) is 0 Å². The van der Waals surface area contributed by atoms with Crippen LogP contribution in [0, 0.1) is 0 Å². The molecule has 3 aromatic carbocycles. The van der Waals surface area contributed by atoms with Gasteiger partial charge in [-0.05, 0) is 42.0 Å². The maximum Gasteiger partial charge on any atom is 0.243 e. The SMILES string of the molecule is O=C(CN(Cc1ccc(Cl)c(Cl)c1)S(=O)(=O)c1ccccc1)Nc1ccc2c(c1)OCO2. The van der Waals surface area contributed by atoms with Crippen LogP contribution in [-0.4, -0.2) is 32.0 Å². The molecule has 10 heteroatoms. The summed E-state index contributed by atoms with van der Waals surface area (Å²) in [6, 6.07) is 17.7. The zero-order valence-corrected chi connectivity index (χ0v) is 19.0. The zero-order chi connectivity index (χ0) is 22.7. The lowest BCUT2D eigenvalue weighted by Gasteiger charge is -2.22. The summed E-state index contributed by atoms with van der Waals surface area (Å²) >= 11 is 12.1. The first-order valence-corrected chi connectivity index (χ1v) is 11.7. The highest BCUT2D eigenvalue weighted by Crippen LogP contribution is 2.34. The first kappa shape index (κ1) is 22.4. The number of fused-ring (bicyclic) bond motifs is 1. The predicted molar refractivity (Wildman–Crippen MR) is 122 cm³/mol. The molecule has 1 aliphatic heterocycles. The van der Waals surface area contributed by atoms with Crippen molar-refractivity contribution in [3.8, 4) is 11.5 Å². The fourth-order valence-electron chi connectivity index (χ4n) is 3.14. The van der Waals surface area contributed by atoms with Crippen molar-refractivity contribution in [2.75, 3.05) is 18.7 Å². The Morgan fingerprint density at radius 1 is 0.938 bits per heavy atom. The molecule has 32 heavy (non-hydrogen) atoms. The number of sulfonamides is 1. The monoisotopic (exact) mass is 492 g/mol. The van der Waals surface area contributed by atoms with E-state index in [0.717, 1.165) is 4.31 Å². The average molecular weight is 493 g/mol. The third kappa shape index (κ3) is 4.99. The van der Waals surface area contributed by atoms with Crippen molar-refractivity contribution in [3.63, 3.8) is 0 Å². The summed E-state index contributed by atoms with van der Waals surface area (Å²) in [7, 11) is -3.97. The summed E-state index contributed by atoms with van der Waals surface area (Å²) in [5, 5.41) is 3.36. The van der Waals surface area contributed by atoms with Gasteiger partial charge in [0.2, 0.25) is 22.7 Å². The van der Waals surface area contributed by atoms with Gasteiger partial charge in [0.05, 0.1) is 21.5 Å². The Hall–Kier alpha value is -2.78. The maximum atomic E-state index is 13.3. The van der Waals surface area contributed by atoms with Crippen LogP contribution >= 0.6 is 23.2 Å². The number of anilines is 1. The molecule has 1 aliphatic rings. The second-order valence-electron chi connectivity index (χ2n) is 6.95. The Morgan fingerprint density at radius 3 is 2.44 bits per heavy atom. The second kappa shape index (κ2) is 9.38. The highest BCUT2D eigenvalue weighted by atomic mass is 35.5. The molecule has 0 aliphatic carbocycles. The Balaban J connectivity index is 1.58. The second-order valence-corrected chi connectivity index (χ2v) is 9.70. The highest BCUT2D eigenvalue weighted by molar-refractivity contribution is 7.89. The third-order valence-electron chi connectivity index (χ3n) is 4.70. The number of ether oxygens (including phenoxy) is 2. The van der Waals surface area contributed by atoms with Gasteiger partial charge in [0.15, 0.2) is 11.5 Å². The van der Waals surface area contributed by atoms with E-state index in [9.17, 15) is 13.2 Å². The van der Waals surface area contributed by atoms with Gasteiger partial charge in [-0.3, -0.25) is 4.79 Å². The lowest BCUT2D eigenvalue weighted by atomic mass is 10.2. The predicted octanol–water partition coefficient (Wildman–Crippen LogP) is 4.55. The van der Waals surface area contributed by atoms with Crippen molar-refractivity contribution >= 4 is 44.8 Å². The topological polar surface area (TPSA) is 84.9 Å². The summed E-state index contributed by atoms with van der Waals surface area (Å²) in [5.41, 5.74) is 1.06. The molecule has 0 unspecified atom stereocenters. The molecule has 1 amide bonds. The van der Waals surface area contributed by atoms with Gasteiger partial charge in [0.25, 0.3) is 0 Å². The van der Waals surface area contributed by atoms with Crippen LogP contribution in [0.5, 0.6) is 11.5 Å². The molecule has 0 spiro atoms. The molecule has 0 bridgehead atoms. The molecule has 0 saturated carbocycles. The number of amides is 1. The van der Waals surface area contributed by atoms with E-state index in [0.29, 0.717) is 32.8 Å². The number of nitrogens with one attached hydrogen (secondary N) is 1. The van der Waals surface area contributed by atoms with E-state index < -0.39 is 22.5 Å². The molecule has 1 heterocycles. The fourth-order valence-corrected chi connectivity index (χ4v) is 4.87. The lowest BCUT2D eigenvalue weighted by Crippen LogP contribution is -2.37. The molecular formula is C22H18Cl2N2O5S. The van der Waals surface area contributed by atoms with Crippen molar-refractivity contribution in [2.24, 2.45) is 0 Å². The van der Waals surface area contributed by atoms with Crippen LogP contribution in [0.25, 0.3) is 0 Å². The van der Waals surface area contributed by atoms with Crippen LogP contribution < -0.4 is 14.8 Å². The summed E-state index contributed by atoms with van der Waals surface area (Å²) in [5.74, 6) is 0.576. The largest absolute Gasteiger partial charge is 0.454 e. The summed E-state index contributed by atoms with van der Waals surface area (Å²) in [4.78, 5) is 12.9. The summed E-state index contributed by atoms with van der Waals surface area (Å²) in [6.07, 6.45) is 0. The van der Waals surface area contributed by atoms with Gasteiger partial charge in [-0.1, -0.05) is 47.5 Å². The molecule has 7 nitrogen and oxygen atoms in total. The van der Waals surface area contributed by atoms with E-state index in [2.05, 4.69) is 5.32 Å². The van der Waals surface area contributed by atoms with Gasteiger partial charge >= 0.3 is 0 Å². The number of carbonyl (C=O) groups excluding carboxylic acids is 1. The summed E-state index contributed by atoms with van der Waals surface area (Å²) < 4.78 is 38.2. The van der Waals surface area contributed by atoms with Crippen LogP contribution in [0.1, 0.15) is 5.56 Å².